The number of nitrogens with zero attached hydrogens (tertiary/aromatic N) is 1. The van der Waals surface area contributed by atoms with Gasteiger partial charge in [0.25, 0.3) is 0 Å². The fourth-order valence-electron chi connectivity index (χ4n) is 1.61. The Kier molecular flexibility index (Phi) is 3.76. The van der Waals surface area contributed by atoms with E-state index in [1.807, 2.05) is 0 Å². The van der Waals surface area contributed by atoms with Crippen molar-refractivity contribution in [3.8, 4) is 5.88 Å². The third kappa shape index (κ3) is 2.94. The van der Waals surface area contributed by atoms with E-state index < -0.39 is 7.12 Å². The Hall–Kier alpha value is -1.11. The summed E-state index contributed by atoms with van der Waals surface area (Å²) in [5.74, 6) is 0.428. The van der Waals surface area contributed by atoms with Crippen LogP contribution in [-0.2, 0) is 4.74 Å². The van der Waals surface area contributed by atoms with Gasteiger partial charge in [0, 0.05) is 25.1 Å². The van der Waals surface area contributed by atoms with Gasteiger partial charge in [-0.2, -0.15) is 0 Å². The lowest BCUT2D eigenvalue weighted by molar-refractivity contribution is 0.0237. The number of ether oxygens (including phenoxy) is 2. The van der Waals surface area contributed by atoms with Gasteiger partial charge in [-0.3, -0.25) is 0 Å². The molecule has 2 N–H and O–H groups in total. The molecule has 0 aliphatic carbocycles. The van der Waals surface area contributed by atoms with E-state index in [2.05, 4.69) is 4.98 Å². The number of rotatable bonds is 3. The van der Waals surface area contributed by atoms with Crippen LogP contribution in [0.4, 0.5) is 0 Å². The summed E-state index contributed by atoms with van der Waals surface area (Å²) in [6.07, 6.45) is 3.29. The molecule has 16 heavy (non-hydrogen) atoms. The summed E-state index contributed by atoms with van der Waals surface area (Å²) in [4.78, 5) is 4.03. The molecule has 0 atom stereocenters. The minimum absolute atomic E-state index is 0.104. The van der Waals surface area contributed by atoms with Crippen LogP contribution in [0.25, 0.3) is 0 Å². The maximum atomic E-state index is 9.01. The summed E-state index contributed by atoms with van der Waals surface area (Å²) < 4.78 is 10.9. The predicted octanol–water partition coefficient (Wildman–Crippen LogP) is -0.681. The molecule has 5 nitrogen and oxygen atoms in total. The molecule has 1 saturated heterocycles. The number of hydrogen-bond donors (Lipinski definition) is 2. The minimum atomic E-state index is -1.49. The van der Waals surface area contributed by atoms with Crippen LogP contribution in [0.1, 0.15) is 12.8 Å². The molecule has 0 bridgehead atoms. The average molecular weight is 223 g/mol. The standard InChI is InChI=1S/C10H14BNO4/c13-11(14)8-1-4-12-10(7-8)16-9-2-5-15-6-3-9/h1,4,7,9,13-14H,2-3,5-6H2. The lowest BCUT2D eigenvalue weighted by Gasteiger charge is -2.22. The van der Waals surface area contributed by atoms with Crippen LogP contribution in [0.5, 0.6) is 5.88 Å². The quantitative estimate of drug-likeness (QED) is 0.664. The third-order valence-corrected chi connectivity index (χ3v) is 2.51. The van der Waals surface area contributed by atoms with E-state index in [-0.39, 0.29) is 6.10 Å². The lowest BCUT2D eigenvalue weighted by Crippen LogP contribution is -2.31. The Labute approximate surface area is 94.2 Å². The topological polar surface area (TPSA) is 71.8 Å². The van der Waals surface area contributed by atoms with Crippen molar-refractivity contribution in [2.75, 3.05) is 13.2 Å². The highest BCUT2D eigenvalue weighted by Gasteiger charge is 2.17. The van der Waals surface area contributed by atoms with Crippen molar-refractivity contribution in [2.24, 2.45) is 0 Å². The first-order valence-electron chi connectivity index (χ1n) is 5.32. The van der Waals surface area contributed by atoms with Gasteiger partial charge in [0.2, 0.25) is 5.88 Å². The summed E-state index contributed by atoms with van der Waals surface area (Å²) in [5, 5.41) is 18.0. The second kappa shape index (κ2) is 5.29. The SMILES string of the molecule is OB(O)c1ccnc(OC2CCOCC2)c1. The molecule has 1 aliphatic heterocycles. The number of aromatic nitrogens is 1. The molecule has 1 aromatic heterocycles. The Balaban J connectivity index is 2.00. The van der Waals surface area contributed by atoms with Crippen molar-refractivity contribution in [3.05, 3.63) is 18.3 Å². The highest BCUT2D eigenvalue weighted by molar-refractivity contribution is 6.58. The summed E-state index contributed by atoms with van der Waals surface area (Å²) in [6.45, 7) is 1.40. The molecule has 0 amide bonds. The van der Waals surface area contributed by atoms with Crippen LogP contribution in [0.2, 0.25) is 0 Å². The molecule has 1 aliphatic rings. The van der Waals surface area contributed by atoms with Gasteiger partial charge in [-0.25, -0.2) is 4.98 Å². The van der Waals surface area contributed by atoms with Crippen molar-refractivity contribution in [3.63, 3.8) is 0 Å². The predicted molar refractivity (Wildman–Crippen MR) is 58.5 cm³/mol. The Morgan fingerprint density at radius 3 is 2.81 bits per heavy atom. The summed E-state index contributed by atoms with van der Waals surface area (Å²) in [7, 11) is -1.49. The largest absolute Gasteiger partial charge is 0.488 e. The first-order chi connectivity index (χ1) is 7.75. The van der Waals surface area contributed by atoms with Gasteiger partial charge in [-0.1, -0.05) is 0 Å². The van der Waals surface area contributed by atoms with Crippen molar-refractivity contribution < 1.29 is 19.5 Å². The lowest BCUT2D eigenvalue weighted by atomic mass is 9.81. The molecule has 6 heteroatoms. The van der Waals surface area contributed by atoms with E-state index >= 15 is 0 Å². The van der Waals surface area contributed by atoms with Gasteiger partial charge in [-0.15, -0.1) is 0 Å². The maximum Gasteiger partial charge on any atom is 0.488 e. The van der Waals surface area contributed by atoms with Crippen LogP contribution < -0.4 is 10.2 Å². The van der Waals surface area contributed by atoms with Gasteiger partial charge in [0.15, 0.2) is 0 Å². The first-order valence-corrected chi connectivity index (χ1v) is 5.32. The Morgan fingerprint density at radius 2 is 2.12 bits per heavy atom. The Morgan fingerprint density at radius 1 is 1.38 bits per heavy atom. The van der Waals surface area contributed by atoms with E-state index in [1.165, 1.54) is 6.20 Å². The van der Waals surface area contributed by atoms with Gasteiger partial charge in [0.1, 0.15) is 6.10 Å². The molecule has 0 radical (unpaired) electrons. The number of pyridine rings is 1. The van der Waals surface area contributed by atoms with Crippen LogP contribution in [-0.4, -0.2) is 41.5 Å². The zero-order valence-electron chi connectivity index (χ0n) is 8.87. The molecule has 0 unspecified atom stereocenters. The third-order valence-electron chi connectivity index (χ3n) is 2.51. The van der Waals surface area contributed by atoms with Crippen LogP contribution in [0.3, 0.4) is 0 Å². The molecule has 0 saturated carbocycles. The van der Waals surface area contributed by atoms with Crippen molar-refractivity contribution in [2.45, 2.75) is 18.9 Å². The molecule has 2 heterocycles. The van der Waals surface area contributed by atoms with E-state index in [0.717, 1.165) is 12.8 Å². The van der Waals surface area contributed by atoms with Gasteiger partial charge >= 0.3 is 7.12 Å². The average Bonchev–Trinajstić information content (AvgIpc) is 2.30. The van der Waals surface area contributed by atoms with Crippen LogP contribution in [0.15, 0.2) is 18.3 Å². The van der Waals surface area contributed by atoms with Crippen LogP contribution >= 0.6 is 0 Å². The van der Waals surface area contributed by atoms with E-state index in [9.17, 15) is 0 Å². The zero-order valence-corrected chi connectivity index (χ0v) is 8.87. The molecular weight excluding hydrogens is 209 g/mol. The summed E-state index contributed by atoms with van der Waals surface area (Å²) in [5.41, 5.74) is 0.386. The molecule has 1 fully saturated rings. The summed E-state index contributed by atoms with van der Waals surface area (Å²) in [6, 6.07) is 3.08. The van der Waals surface area contributed by atoms with Crippen molar-refractivity contribution in [1.29, 1.82) is 0 Å². The van der Waals surface area contributed by atoms with E-state index in [4.69, 9.17) is 19.5 Å². The van der Waals surface area contributed by atoms with Gasteiger partial charge in [0.05, 0.1) is 13.2 Å². The smallest absolute Gasteiger partial charge is 0.474 e. The highest BCUT2D eigenvalue weighted by atomic mass is 16.5. The molecule has 1 aromatic rings. The van der Waals surface area contributed by atoms with E-state index in [0.29, 0.717) is 24.6 Å². The Bertz CT molecular complexity index is 341. The molecule has 0 spiro atoms. The van der Waals surface area contributed by atoms with Gasteiger partial charge < -0.3 is 19.5 Å². The maximum absolute atomic E-state index is 9.01. The van der Waals surface area contributed by atoms with Gasteiger partial charge in [-0.05, 0) is 11.5 Å². The normalized spacial score (nSPS) is 17.1. The fourth-order valence-corrected chi connectivity index (χ4v) is 1.61. The molecule has 2 rings (SSSR count). The molecular formula is C10H14BNO4. The molecule has 0 aromatic carbocycles. The van der Waals surface area contributed by atoms with Crippen molar-refractivity contribution >= 4 is 12.6 Å². The van der Waals surface area contributed by atoms with E-state index in [1.54, 1.807) is 12.1 Å². The second-order valence-electron chi connectivity index (χ2n) is 3.73. The van der Waals surface area contributed by atoms with Crippen LogP contribution in [0, 0.1) is 0 Å². The van der Waals surface area contributed by atoms with Crippen molar-refractivity contribution in [1.82, 2.24) is 4.98 Å². The zero-order chi connectivity index (χ0) is 11.4. The molecule has 86 valence electrons. The monoisotopic (exact) mass is 223 g/mol. The summed E-state index contributed by atoms with van der Waals surface area (Å²) >= 11 is 0. The highest BCUT2D eigenvalue weighted by Crippen LogP contribution is 2.14. The minimum Gasteiger partial charge on any atom is -0.474 e. The number of hydrogen-bond acceptors (Lipinski definition) is 5. The first kappa shape index (κ1) is 11.4. The second-order valence-corrected chi connectivity index (χ2v) is 3.73. The fraction of sp³-hybridized carbons (Fsp3) is 0.500.